The molecule has 0 saturated carbocycles. The van der Waals surface area contributed by atoms with Crippen molar-refractivity contribution in [3.63, 3.8) is 0 Å². The van der Waals surface area contributed by atoms with E-state index in [-0.39, 0.29) is 0 Å². The van der Waals surface area contributed by atoms with Gasteiger partial charge < -0.3 is 3.07 Å². The van der Waals surface area contributed by atoms with Crippen LogP contribution in [0.2, 0.25) is 0 Å². The van der Waals surface area contributed by atoms with E-state index in [9.17, 15) is 10.1 Å². The standard InChI is InChI=1S/C6H5INO3/c9-8(10)7-11-6-4-2-1-3-5-6/h1-5H. The van der Waals surface area contributed by atoms with Gasteiger partial charge in [-0.15, -0.1) is 0 Å². The molecule has 11 heavy (non-hydrogen) atoms. The third-order valence-corrected chi connectivity index (χ3v) is 1.95. The number of hydrogen-bond acceptors (Lipinski definition) is 3. The Kier molecular flexibility index (Phi) is 3.09. The minimum atomic E-state index is -1.39. The summed E-state index contributed by atoms with van der Waals surface area (Å²) in [6, 6.07) is 8.78. The predicted molar refractivity (Wildman–Crippen MR) is 48.1 cm³/mol. The molecule has 5 heteroatoms. The Morgan fingerprint density at radius 3 is 2.55 bits per heavy atom. The van der Waals surface area contributed by atoms with Crippen LogP contribution in [0.4, 0.5) is 0 Å². The van der Waals surface area contributed by atoms with Crippen LogP contribution in [0.3, 0.4) is 0 Å². The second kappa shape index (κ2) is 4.12. The van der Waals surface area contributed by atoms with Gasteiger partial charge in [0.1, 0.15) is 8.89 Å². The Labute approximate surface area is 74.5 Å². The Hall–Kier alpha value is -0.850. The summed E-state index contributed by atoms with van der Waals surface area (Å²) in [7, 11) is 0. The smallest absolute Gasteiger partial charge is 0.384 e. The highest BCUT2D eigenvalue weighted by Crippen LogP contribution is 2.19. The van der Waals surface area contributed by atoms with Gasteiger partial charge in [-0.25, -0.2) is 0 Å². The van der Waals surface area contributed by atoms with Crippen molar-refractivity contribution in [3.05, 3.63) is 40.4 Å². The van der Waals surface area contributed by atoms with Gasteiger partial charge in [0, 0.05) is 0 Å². The summed E-state index contributed by atoms with van der Waals surface area (Å²) in [6.07, 6.45) is 0. The van der Waals surface area contributed by atoms with Crippen molar-refractivity contribution < 1.29 is 6.20 Å². The van der Waals surface area contributed by atoms with Crippen LogP contribution in [0.5, 0.6) is 5.75 Å². The maximum absolute atomic E-state index is 9.90. The molecule has 0 fully saturated rings. The fraction of sp³-hybridized carbons (Fsp3) is 0. The van der Waals surface area contributed by atoms with Crippen LogP contribution in [-0.2, 0) is 0 Å². The molecule has 1 aromatic carbocycles. The van der Waals surface area contributed by atoms with E-state index >= 15 is 0 Å². The van der Waals surface area contributed by atoms with Crippen molar-refractivity contribution in [3.8, 4) is 5.75 Å². The molecule has 0 atom stereocenters. The number of nitro groups is 1. The Morgan fingerprint density at radius 2 is 2.00 bits per heavy atom. The lowest BCUT2D eigenvalue weighted by Crippen LogP contribution is -1.84. The van der Waals surface area contributed by atoms with Crippen molar-refractivity contribution in [2.45, 2.75) is 0 Å². The van der Waals surface area contributed by atoms with E-state index in [0.29, 0.717) is 5.75 Å². The minimum Gasteiger partial charge on any atom is -0.384 e. The van der Waals surface area contributed by atoms with Gasteiger partial charge in [0.15, 0.2) is 0 Å². The average Bonchev–Trinajstić information content (AvgIpc) is 2.03. The third-order valence-electron chi connectivity index (χ3n) is 0.923. The summed E-state index contributed by atoms with van der Waals surface area (Å²) < 4.78 is 4.47. The molecule has 59 valence electrons. The van der Waals surface area contributed by atoms with Gasteiger partial charge in [-0.2, -0.15) is 0 Å². The fourth-order valence-electron chi connectivity index (χ4n) is 0.540. The molecule has 0 aliphatic heterocycles. The van der Waals surface area contributed by atoms with E-state index in [1.807, 2.05) is 6.07 Å². The number of hydrogen-bond donors (Lipinski definition) is 0. The van der Waals surface area contributed by atoms with Crippen molar-refractivity contribution in [1.29, 1.82) is 0 Å². The first-order chi connectivity index (χ1) is 5.29. The summed E-state index contributed by atoms with van der Waals surface area (Å²) in [5.41, 5.74) is 0. The van der Waals surface area contributed by atoms with Gasteiger partial charge >= 0.3 is 21.9 Å². The topological polar surface area (TPSA) is 52.4 Å². The SMILES string of the molecule is O=[N+]([O-])[I]Oc1ccccc1. The molecule has 1 radical (unpaired) electrons. The summed E-state index contributed by atoms with van der Waals surface area (Å²) in [5.74, 6) is 0.567. The fourth-order valence-corrected chi connectivity index (χ4v) is 1.22. The van der Waals surface area contributed by atoms with Crippen LogP contribution in [0.15, 0.2) is 30.3 Å². The molecule has 0 unspecified atom stereocenters. The van der Waals surface area contributed by atoms with Gasteiger partial charge in [0.2, 0.25) is 0 Å². The second-order valence-electron chi connectivity index (χ2n) is 1.67. The van der Waals surface area contributed by atoms with E-state index in [4.69, 9.17) is 3.07 Å². The zero-order valence-corrected chi connectivity index (χ0v) is 7.59. The van der Waals surface area contributed by atoms with Gasteiger partial charge in [-0.05, 0) is 12.1 Å². The summed E-state index contributed by atoms with van der Waals surface area (Å²) in [5, 5.41) is 9.90. The van der Waals surface area contributed by atoms with E-state index < -0.39 is 25.0 Å². The Bertz CT molecular complexity index is 239. The van der Waals surface area contributed by atoms with Gasteiger partial charge in [-0.3, -0.25) is 10.1 Å². The predicted octanol–water partition coefficient (Wildman–Crippen LogP) is 2.14. The summed E-state index contributed by atoms with van der Waals surface area (Å²) in [4.78, 5) is 9.90. The van der Waals surface area contributed by atoms with Crippen LogP contribution < -0.4 is 3.07 Å². The van der Waals surface area contributed by atoms with Crippen molar-refractivity contribution in [1.82, 2.24) is 0 Å². The molecule has 0 aliphatic carbocycles. The maximum atomic E-state index is 9.90. The Morgan fingerprint density at radius 1 is 1.36 bits per heavy atom. The van der Waals surface area contributed by atoms with Crippen LogP contribution in [0.1, 0.15) is 0 Å². The van der Waals surface area contributed by atoms with Crippen LogP contribution in [-0.4, -0.2) is 3.14 Å². The average molecular weight is 266 g/mol. The van der Waals surface area contributed by atoms with Gasteiger partial charge in [0.25, 0.3) is 0 Å². The highest BCUT2D eigenvalue weighted by molar-refractivity contribution is 14.2. The second-order valence-corrected chi connectivity index (χ2v) is 3.29. The van der Waals surface area contributed by atoms with E-state index in [0.717, 1.165) is 0 Å². The third kappa shape index (κ3) is 3.17. The van der Waals surface area contributed by atoms with Crippen molar-refractivity contribution in [2.75, 3.05) is 0 Å². The maximum Gasteiger partial charge on any atom is 0.532 e. The highest BCUT2D eigenvalue weighted by atomic mass is 127. The molecule has 0 N–H and O–H groups in total. The van der Waals surface area contributed by atoms with E-state index in [1.165, 1.54) is 0 Å². The first-order valence-corrected chi connectivity index (χ1v) is 4.65. The van der Waals surface area contributed by atoms with Crippen molar-refractivity contribution in [2.24, 2.45) is 0 Å². The van der Waals surface area contributed by atoms with Crippen molar-refractivity contribution >= 4 is 21.9 Å². The molecular weight excluding hydrogens is 261 g/mol. The lowest BCUT2D eigenvalue weighted by atomic mass is 10.3. The highest BCUT2D eigenvalue weighted by Gasteiger charge is 2.03. The summed E-state index contributed by atoms with van der Waals surface area (Å²) >= 11 is -1.39. The first-order valence-electron chi connectivity index (χ1n) is 2.80. The normalized spacial score (nSPS) is 9.09. The molecule has 0 aromatic heterocycles. The van der Waals surface area contributed by atoms with Crippen LogP contribution >= 0.6 is 21.9 Å². The molecule has 1 rings (SSSR count). The van der Waals surface area contributed by atoms with Gasteiger partial charge in [0.05, 0.1) is 0 Å². The zero-order chi connectivity index (χ0) is 8.10. The van der Waals surface area contributed by atoms with Crippen LogP contribution in [0, 0.1) is 10.1 Å². The number of halogens is 1. The first kappa shape index (κ1) is 8.25. The van der Waals surface area contributed by atoms with Crippen LogP contribution in [0.25, 0.3) is 0 Å². The lowest BCUT2D eigenvalue weighted by Gasteiger charge is -1.93. The number of para-hydroxylation sites is 1. The number of nitrogens with zero attached hydrogens (tertiary/aromatic N) is 1. The quantitative estimate of drug-likeness (QED) is 0.364. The molecule has 0 bridgehead atoms. The minimum absolute atomic E-state index is 0.411. The molecule has 1 aromatic rings. The molecule has 4 nitrogen and oxygen atoms in total. The van der Waals surface area contributed by atoms with E-state index in [2.05, 4.69) is 0 Å². The number of benzene rings is 1. The molecule has 0 amide bonds. The molecule has 0 spiro atoms. The Balaban J connectivity index is 2.45. The van der Waals surface area contributed by atoms with E-state index in [1.54, 1.807) is 24.3 Å². The summed E-state index contributed by atoms with van der Waals surface area (Å²) in [6.45, 7) is 0. The largest absolute Gasteiger partial charge is 0.532 e. The lowest BCUT2D eigenvalue weighted by molar-refractivity contribution is -0.231. The zero-order valence-electron chi connectivity index (χ0n) is 5.44. The number of rotatable bonds is 3. The monoisotopic (exact) mass is 266 g/mol. The molecule has 0 saturated heterocycles. The molecule has 0 heterocycles. The van der Waals surface area contributed by atoms with Gasteiger partial charge in [-0.1, -0.05) is 18.2 Å². The molecular formula is C6H5INO3. The molecule has 0 aliphatic rings.